The molecule has 1 aliphatic carbocycles. The summed E-state index contributed by atoms with van der Waals surface area (Å²) in [5.74, 6) is 0.673. The normalized spacial score (nSPS) is 13.9. The highest BCUT2D eigenvalue weighted by atomic mass is 16.1. The molecule has 0 bridgehead atoms. The molecule has 1 fully saturated rings. The Labute approximate surface area is 166 Å². The molecule has 0 spiro atoms. The van der Waals surface area contributed by atoms with Gasteiger partial charge in [-0.2, -0.15) is 0 Å². The van der Waals surface area contributed by atoms with Crippen LogP contribution in [0.25, 0.3) is 22.7 Å². The molecule has 3 heteroatoms. The molecule has 28 heavy (non-hydrogen) atoms. The predicted molar refractivity (Wildman–Crippen MR) is 120 cm³/mol. The van der Waals surface area contributed by atoms with Crippen LogP contribution in [-0.4, -0.2) is 11.6 Å². The second-order valence-electron chi connectivity index (χ2n) is 7.45. The molecule has 0 saturated heterocycles. The first kappa shape index (κ1) is 18.3. The van der Waals surface area contributed by atoms with E-state index in [2.05, 4.69) is 54.0 Å². The number of rotatable bonds is 6. The summed E-state index contributed by atoms with van der Waals surface area (Å²) in [5.41, 5.74) is 5.13. The van der Waals surface area contributed by atoms with Gasteiger partial charge in [0.25, 0.3) is 5.56 Å². The van der Waals surface area contributed by atoms with E-state index in [9.17, 15) is 4.79 Å². The van der Waals surface area contributed by atoms with Gasteiger partial charge in [0.2, 0.25) is 0 Å². The average Bonchev–Trinajstić information content (AvgIpc) is 3.56. The highest BCUT2D eigenvalue weighted by Gasteiger charge is 2.18. The number of hydrogen-bond donors (Lipinski definition) is 0. The summed E-state index contributed by atoms with van der Waals surface area (Å²) < 4.78 is 1.83. The number of hydrogen-bond acceptors (Lipinski definition) is 2. The molecule has 0 N–H and O–H groups in total. The average molecular weight is 370 g/mol. The third-order valence-electron chi connectivity index (χ3n) is 5.51. The van der Waals surface area contributed by atoms with Crippen LogP contribution in [0, 0.1) is 5.92 Å². The summed E-state index contributed by atoms with van der Waals surface area (Å²) in [7, 11) is 2.03. The van der Waals surface area contributed by atoms with Gasteiger partial charge in [0.05, 0.1) is 5.52 Å². The van der Waals surface area contributed by atoms with Gasteiger partial charge in [-0.3, -0.25) is 4.79 Å². The van der Waals surface area contributed by atoms with Crippen molar-refractivity contribution in [2.75, 3.05) is 11.9 Å². The molecule has 0 aliphatic heterocycles. The number of pyridine rings is 1. The van der Waals surface area contributed by atoms with Gasteiger partial charge in [0.15, 0.2) is 0 Å². The lowest BCUT2D eigenvalue weighted by atomic mass is 10.1. The summed E-state index contributed by atoms with van der Waals surface area (Å²) in [6, 6.07) is 18.2. The molecule has 3 nitrogen and oxygen atoms in total. The Hall–Kier alpha value is -3.07. The lowest BCUT2D eigenvalue weighted by Gasteiger charge is -2.23. The number of aromatic nitrogens is 1. The maximum atomic E-state index is 12.6. The molecule has 2 aromatic carbocycles. The maximum absolute atomic E-state index is 12.6. The van der Waals surface area contributed by atoms with E-state index in [1.165, 1.54) is 12.8 Å². The topological polar surface area (TPSA) is 25.2 Å². The van der Waals surface area contributed by atoms with Crippen molar-refractivity contribution in [1.29, 1.82) is 0 Å². The summed E-state index contributed by atoms with van der Waals surface area (Å²) >= 11 is 0. The lowest BCUT2D eigenvalue weighted by molar-refractivity contribution is 0.759. The van der Waals surface area contributed by atoms with Crippen molar-refractivity contribution >= 4 is 28.4 Å². The van der Waals surface area contributed by atoms with E-state index in [-0.39, 0.29) is 5.56 Å². The Morgan fingerprint density at radius 3 is 2.61 bits per heavy atom. The molecule has 0 atom stereocenters. The Balaban J connectivity index is 1.80. The van der Waals surface area contributed by atoms with E-state index in [1.54, 1.807) is 6.07 Å². The molecule has 3 aromatic rings. The third kappa shape index (κ3) is 3.53. The summed E-state index contributed by atoms with van der Waals surface area (Å²) in [5, 5.41) is 1.10. The fourth-order valence-electron chi connectivity index (χ4n) is 3.58. The largest absolute Gasteiger partial charge is 0.345 e. The van der Waals surface area contributed by atoms with Crippen molar-refractivity contribution in [3.8, 4) is 0 Å². The SMILES string of the molecule is C=C(c1ccccc1)N(C)c1ccc2c(c1)c(/C=C/C1CC1)cc(=O)n2CC. The first-order valence-corrected chi connectivity index (χ1v) is 9.92. The van der Waals surface area contributed by atoms with Gasteiger partial charge in [-0.15, -0.1) is 0 Å². The quantitative estimate of drug-likeness (QED) is 0.568. The molecular weight excluding hydrogens is 344 g/mol. The highest BCUT2D eigenvalue weighted by Crippen LogP contribution is 2.32. The second-order valence-corrected chi connectivity index (χ2v) is 7.45. The predicted octanol–water partition coefficient (Wildman–Crippen LogP) is 5.55. The molecule has 1 aliphatic rings. The molecule has 1 aromatic heterocycles. The van der Waals surface area contributed by atoms with Crippen LogP contribution in [0.5, 0.6) is 0 Å². The van der Waals surface area contributed by atoms with E-state index >= 15 is 0 Å². The van der Waals surface area contributed by atoms with Gasteiger partial charge in [0.1, 0.15) is 0 Å². The fraction of sp³-hybridized carbons (Fsp3) is 0.240. The fourth-order valence-corrected chi connectivity index (χ4v) is 3.58. The van der Waals surface area contributed by atoms with Crippen molar-refractivity contribution in [3.63, 3.8) is 0 Å². The Morgan fingerprint density at radius 2 is 1.93 bits per heavy atom. The van der Waals surface area contributed by atoms with Crippen LogP contribution in [0.2, 0.25) is 0 Å². The van der Waals surface area contributed by atoms with Crippen molar-refractivity contribution in [2.45, 2.75) is 26.3 Å². The van der Waals surface area contributed by atoms with Crippen LogP contribution in [0.4, 0.5) is 5.69 Å². The first-order valence-electron chi connectivity index (χ1n) is 9.92. The number of aryl methyl sites for hydroxylation is 1. The van der Waals surface area contributed by atoms with Crippen LogP contribution in [0.3, 0.4) is 0 Å². The first-order chi connectivity index (χ1) is 13.6. The summed E-state index contributed by atoms with van der Waals surface area (Å²) in [4.78, 5) is 14.7. The van der Waals surface area contributed by atoms with E-state index in [0.29, 0.717) is 12.5 Å². The zero-order chi connectivity index (χ0) is 19.7. The zero-order valence-electron chi connectivity index (χ0n) is 16.6. The van der Waals surface area contributed by atoms with Crippen LogP contribution in [-0.2, 0) is 6.54 Å². The van der Waals surface area contributed by atoms with Crippen LogP contribution in [0.1, 0.15) is 30.9 Å². The van der Waals surface area contributed by atoms with Gasteiger partial charge < -0.3 is 9.47 Å². The molecule has 4 rings (SSSR count). The van der Waals surface area contributed by atoms with Crippen molar-refractivity contribution < 1.29 is 0 Å². The minimum Gasteiger partial charge on any atom is -0.345 e. The van der Waals surface area contributed by atoms with Crippen molar-refractivity contribution in [2.24, 2.45) is 5.92 Å². The lowest BCUT2D eigenvalue weighted by Crippen LogP contribution is -2.20. The number of allylic oxidation sites excluding steroid dienone is 1. The van der Waals surface area contributed by atoms with Crippen molar-refractivity contribution in [1.82, 2.24) is 4.57 Å². The van der Waals surface area contributed by atoms with Crippen LogP contribution in [0.15, 0.2) is 72.0 Å². The molecule has 1 saturated carbocycles. The minimum absolute atomic E-state index is 0.0558. The molecule has 0 amide bonds. The minimum atomic E-state index is 0.0558. The zero-order valence-corrected chi connectivity index (χ0v) is 16.6. The van der Waals surface area contributed by atoms with E-state index in [4.69, 9.17) is 0 Å². The summed E-state index contributed by atoms with van der Waals surface area (Å²) in [6.07, 6.45) is 6.87. The molecule has 1 heterocycles. The number of fused-ring (bicyclic) bond motifs is 1. The van der Waals surface area contributed by atoms with Gasteiger partial charge in [0, 0.05) is 36.4 Å². The molecular formula is C25H26N2O. The summed E-state index contributed by atoms with van der Waals surface area (Å²) in [6.45, 7) is 6.95. The smallest absolute Gasteiger partial charge is 0.251 e. The number of nitrogens with zero attached hydrogens (tertiary/aromatic N) is 2. The Bertz CT molecular complexity index is 1100. The van der Waals surface area contributed by atoms with Crippen LogP contribution < -0.4 is 10.5 Å². The van der Waals surface area contributed by atoms with Gasteiger partial charge in [-0.25, -0.2) is 0 Å². The number of anilines is 1. The van der Waals surface area contributed by atoms with Gasteiger partial charge >= 0.3 is 0 Å². The number of benzene rings is 2. The molecule has 0 unspecified atom stereocenters. The second kappa shape index (κ2) is 7.51. The van der Waals surface area contributed by atoms with Gasteiger partial charge in [-0.05, 0) is 55.0 Å². The van der Waals surface area contributed by atoms with Crippen molar-refractivity contribution in [3.05, 3.63) is 88.7 Å². The Kier molecular flexibility index (Phi) is 4.91. The van der Waals surface area contributed by atoms with E-state index < -0.39 is 0 Å². The molecule has 0 radical (unpaired) electrons. The van der Waals surface area contributed by atoms with Crippen LogP contribution >= 0.6 is 0 Å². The monoisotopic (exact) mass is 370 g/mol. The van der Waals surface area contributed by atoms with E-state index in [0.717, 1.165) is 33.4 Å². The third-order valence-corrected chi connectivity index (χ3v) is 5.51. The van der Waals surface area contributed by atoms with E-state index in [1.807, 2.05) is 36.7 Å². The Morgan fingerprint density at radius 1 is 1.18 bits per heavy atom. The standard InChI is InChI=1S/C25H26N2O/c1-4-27-24-15-14-22(26(3)18(2)20-8-6-5-7-9-20)17-23(24)21(16-25(27)28)13-12-19-10-11-19/h5-9,12-17,19H,2,4,10-11H2,1,3H3/b13-12+. The maximum Gasteiger partial charge on any atom is 0.251 e. The van der Waals surface area contributed by atoms with Gasteiger partial charge in [-0.1, -0.05) is 49.1 Å². The highest BCUT2D eigenvalue weighted by molar-refractivity contribution is 5.92. The molecule has 142 valence electrons.